The summed E-state index contributed by atoms with van der Waals surface area (Å²) in [5.74, 6) is 1.31. The fraction of sp³-hybridized carbons (Fsp3) is 0.286. The lowest BCUT2D eigenvalue weighted by molar-refractivity contribution is -0.125. The minimum atomic E-state index is -0.494. The summed E-state index contributed by atoms with van der Waals surface area (Å²) >= 11 is 0. The number of methoxy groups -OCH3 is 3. The van der Waals surface area contributed by atoms with Crippen LogP contribution in [0.1, 0.15) is 30.0 Å². The molecular formula is C28H30N2O5. The molecule has 3 aromatic rings. The second kappa shape index (κ2) is 10.5. The largest absolute Gasteiger partial charge is 0.497 e. The lowest BCUT2D eigenvalue weighted by atomic mass is 9.83. The van der Waals surface area contributed by atoms with Crippen LogP contribution in [0, 0.1) is 12.8 Å². The molecule has 4 rings (SSSR count). The normalized spacial score (nSPS) is 17.6. The second-order valence-electron chi connectivity index (χ2n) is 8.52. The molecule has 0 bridgehead atoms. The van der Waals surface area contributed by atoms with Gasteiger partial charge in [0.2, 0.25) is 11.8 Å². The van der Waals surface area contributed by atoms with Gasteiger partial charge >= 0.3 is 0 Å². The first-order chi connectivity index (χ1) is 16.9. The highest BCUT2D eigenvalue weighted by Crippen LogP contribution is 2.41. The van der Waals surface area contributed by atoms with E-state index in [0.717, 1.165) is 11.1 Å². The monoisotopic (exact) mass is 474 g/mol. The number of rotatable bonds is 7. The number of carbonyl (C=O) groups excluding carboxylic acids is 2. The average molecular weight is 475 g/mol. The number of hydrogen-bond acceptors (Lipinski definition) is 5. The molecule has 1 saturated heterocycles. The molecule has 1 heterocycles. The summed E-state index contributed by atoms with van der Waals surface area (Å²) < 4.78 is 16.1. The molecule has 1 aliphatic heterocycles. The summed E-state index contributed by atoms with van der Waals surface area (Å²) in [6.07, 6.45) is 0.698. The van der Waals surface area contributed by atoms with Crippen molar-refractivity contribution in [1.82, 2.24) is 0 Å². The van der Waals surface area contributed by atoms with Gasteiger partial charge in [-0.3, -0.25) is 9.59 Å². The number of anilines is 2. The Morgan fingerprint density at radius 1 is 0.886 bits per heavy atom. The number of amides is 2. The zero-order chi connectivity index (χ0) is 24.9. The van der Waals surface area contributed by atoms with Gasteiger partial charge in [-0.25, -0.2) is 0 Å². The molecule has 0 unspecified atom stereocenters. The summed E-state index contributed by atoms with van der Waals surface area (Å²) in [4.78, 5) is 28.7. The van der Waals surface area contributed by atoms with E-state index in [1.54, 1.807) is 26.2 Å². The molecule has 3 aromatic carbocycles. The van der Waals surface area contributed by atoms with Crippen molar-refractivity contribution in [2.45, 2.75) is 25.8 Å². The van der Waals surface area contributed by atoms with Crippen LogP contribution in [0.5, 0.6) is 17.2 Å². The van der Waals surface area contributed by atoms with Crippen LogP contribution in [0.15, 0.2) is 66.7 Å². The first kappa shape index (κ1) is 24.1. The lowest BCUT2D eigenvalue weighted by Crippen LogP contribution is -2.47. The molecule has 0 radical (unpaired) electrons. The van der Waals surface area contributed by atoms with Crippen molar-refractivity contribution in [2.24, 2.45) is 5.92 Å². The Bertz CT molecular complexity index is 1190. The van der Waals surface area contributed by atoms with Gasteiger partial charge in [0.25, 0.3) is 0 Å². The van der Waals surface area contributed by atoms with E-state index in [1.807, 2.05) is 73.7 Å². The van der Waals surface area contributed by atoms with E-state index in [1.165, 1.54) is 0 Å². The maximum Gasteiger partial charge on any atom is 0.230 e. The van der Waals surface area contributed by atoms with Crippen molar-refractivity contribution in [2.75, 3.05) is 31.5 Å². The van der Waals surface area contributed by atoms with Crippen LogP contribution in [0.25, 0.3) is 0 Å². The van der Waals surface area contributed by atoms with Gasteiger partial charge in [-0.05, 0) is 73.0 Å². The number of ether oxygens (including phenoxy) is 3. The van der Waals surface area contributed by atoms with Crippen LogP contribution in [0.2, 0.25) is 0 Å². The molecule has 35 heavy (non-hydrogen) atoms. The number of carbonyl (C=O) groups is 2. The fourth-order valence-electron chi connectivity index (χ4n) is 4.54. The minimum Gasteiger partial charge on any atom is -0.497 e. The highest BCUT2D eigenvalue weighted by molar-refractivity contribution is 6.00. The van der Waals surface area contributed by atoms with Gasteiger partial charge in [-0.2, -0.15) is 0 Å². The molecular weight excluding hydrogens is 444 g/mol. The van der Waals surface area contributed by atoms with Crippen molar-refractivity contribution >= 4 is 23.2 Å². The highest BCUT2D eigenvalue weighted by Gasteiger charge is 2.41. The molecule has 7 heteroatoms. The van der Waals surface area contributed by atoms with Crippen LogP contribution in [-0.4, -0.2) is 33.1 Å². The zero-order valence-corrected chi connectivity index (χ0v) is 20.4. The molecule has 0 spiro atoms. The van der Waals surface area contributed by atoms with Gasteiger partial charge in [0, 0.05) is 12.1 Å². The molecule has 0 aliphatic carbocycles. The van der Waals surface area contributed by atoms with Crippen LogP contribution < -0.4 is 24.4 Å². The molecule has 2 amide bonds. The van der Waals surface area contributed by atoms with Gasteiger partial charge < -0.3 is 24.4 Å². The zero-order valence-electron chi connectivity index (χ0n) is 20.4. The molecule has 1 aliphatic rings. The van der Waals surface area contributed by atoms with E-state index in [2.05, 4.69) is 5.32 Å². The predicted molar refractivity (Wildman–Crippen MR) is 135 cm³/mol. The topological polar surface area (TPSA) is 77.1 Å². The van der Waals surface area contributed by atoms with Crippen LogP contribution in [0.3, 0.4) is 0 Å². The highest BCUT2D eigenvalue weighted by atomic mass is 16.5. The molecule has 7 nitrogen and oxygen atoms in total. The van der Waals surface area contributed by atoms with E-state index < -0.39 is 12.0 Å². The molecule has 1 N–H and O–H groups in total. The van der Waals surface area contributed by atoms with Gasteiger partial charge in [0.1, 0.15) is 17.2 Å². The fourth-order valence-corrected chi connectivity index (χ4v) is 4.54. The Labute approximate surface area is 205 Å². The molecule has 0 saturated carbocycles. The Balaban J connectivity index is 1.74. The van der Waals surface area contributed by atoms with E-state index in [4.69, 9.17) is 14.2 Å². The summed E-state index contributed by atoms with van der Waals surface area (Å²) in [7, 11) is 4.78. The van der Waals surface area contributed by atoms with Crippen molar-refractivity contribution < 1.29 is 23.8 Å². The van der Waals surface area contributed by atoms with Crippen molar-refractivity contribution in [3.63, 3.8) is 0 Å². The SMILES string of the molecule is COc1ccc([C@H]2[C@@H](C(=O)Nc3cc(C)ccc3OC)CCC(=O)N2c2ccc(OC)cc2)cc1. The van der Waals surface area contributed by atoms with Crippen molar-refractivity contribution in [3.8, 4) is 17.2 Å². The lowest BCUT2D eigenvalue weighted by Gasteiger charge is -2.41. The number of piperidine rings is 1. The number of aryl methyl sites for hydroxylation is 1. The molecule has 2 atom stereocenters. The predicted octanol–water partition coefficient (Wildman–Crippen LogP) is 5.14. The van der Waals surface area contributed by atoms with Crippen molar-refractivity contribution in [3.05, 3.63) is 77.9 Å². The standard InChI is InChI=1S/C28H30N2O5/c1-18-5-15-25(35-4)24(17-18)29-28(32)23-14-16-26(31)30(20-8-12-22(34-3)13-9-20)27(23)19-6-10-21(33-2)11-7-19/h5-13,15,17,23,27H,14,16H2,1-4H3,(H,29,32)/t23-,27-/m0/s1. The Hall–Kier alpha value is -4.00. The molecule has 182 valence electrons. The minimum absolute atomic E-state index is 0.0341. The number of benzene rings is 3. The third-order valence-electron chi connectivity index (χ3n) is 6.35. The smallest absolute Gasteiger partial charge is 0.230 e. The Morgan fingerprint density at radius 3 is 2.11 bits per heavy atom. The van der Waals surface area contributed by atoms with Crippen LogP contribution in [-0.2, 0) is 9.59 Å². The first-order valence-corrected chi connectivity index (χ1v) is 11.5. The van der Waals surface area contributed by atoms with Crippen LogP contribution in [0.4, 0.5) is 11.4 Å². The van der Waals surface area contributed by atoms with E-state index >= 15 is 0 Å². The summed E-state index contributed by atoms with van der Waals surface area (Å²) in [5, 5.41) is 3.05. The van der Waals surface area contributed by atoms with Gasteiger partial charge in [-0.1, -0.05) is 18.2 Å². The Morgan fingerprint density at radius 2 is 1.51 bits per heavy atom. The summed E-state index contributed by atoms with van der Waals surface area (Å²) in [6.45, 7) is 1.96. The number of nitrogens with zero attached hydrogens (tertiary/aromatic N) is 1. The Kier molecular flexibility index (Phi) is 7.25. The molecule has 1 fully saturated rings. The number of hydrogen-bond donors (Lipinski definition) is 1. The number of nitrogens with one attached hydrogen (secondary N) is 1. The second-order valence-corrected chi connectivity index (χ2v) is 8.52. The van der Waals surface area contributed by atoms with Crippen LogP contribution >= 0.6 is 0 Å². The summed E-state index contributed by atoms with van der Waals surface area (Å²) in [6, 6.07) is 20.0. The average Bonchev–Trinajstić information content (AvgIpc) is 2.88. The van der Waals surface area contributed by atoms with Gasteiger partial charge in [0.05, 0.1) is 39.0 Å². The third-order valence-corrected chi connectivity index (χ3v) is 6.35. The van der Waals surface area contributed by atoms with Gasteiger partial charge in [-0.15, -0.1) is 0 Å². The molecule has 0 aromatic heterocycles. The first-order valence-electron chi connectivity index (χ1n) is 11.5. The van der Waals surface area contributed by atoms with Crippen molar-refractivity contribution in [1.29, 1.82) is 0 Å². The van der Waals surface area contributed by atoms with Gasteiger partial charge in [0.15, 0.2) is 0 Å². The van der Waals surface area contributed by atoms with E-state index in [0.29, 0.717) is 35.0 Å². The quantitative estimate of drug-likeness (QED) is 0.513. The third kappa shape index (κ3) is 5.09. The maximum absolute atomic E-state index is 13.7. The van der Waals surface area contributed by atoms with E-state index in [9.17, 15) is 9.59 Å². The maximum atomic E-state index is 13.7. The van der Waals surface area contributed by atoms with E-state index in [-0.39, 0.29) is 18.2 Å². The summed E-state index contributed by atoms with van der Waals surface area (Å²) in [5.41, 5.74) is 3.18.